The number of carbonyl (C=O) groups is 1. The Morgan fingerprint density at radius 2 is 1.90 bits per heavy atom. The van der Waals surface area contributed by atoms with E-state index in [1.165, 1.54) is 18.2 Å². The summed E-state index contributed by atoms with van der Waals surface area (Å²) in [6.45, 7) is 0.411. The molecule has 0 bridgehead atoms. The highest BCUT2D eigenvalue weighted by atomic mass is 35.5. The second kappa shape index (κ2) is 6.39. The fourth-order valence-electron chi connectivity index (χ4n) is 1.78. The molecule has 0 saturated heterocycles. The van der Waals surface area contributed by atoms with E-state index in [1.54, 1.807) is 12.1 Å². The number of nitrogen functional groups attached to an aromatic ring is 1. The number of amides is 1. The highest BCUT2D eigenvalue weighted by molar-refractivity contribution is 6.30. The molecule has 0 unspecified atom stereocenters. The number of nitrogens with one attached hydrogen (secondary N) is 1. The van der Waals surface area contributed by atoms with Gasteiger partial charge in [0.15, 0.2) is 0 Å². The maximum Gasteiger partial charge on any atom is 0.254 e. The van der Waals surface area contributed by atoms with Crippen molar-refractivity contribution in [3.05, 3.63) is 64.4 Å². The van der Waals surface area contributed by atoms with Gasteiger partial charge < -0.3 is 11.1 Å². The summed E-state index contributed by atoms with van der Waals surface area (Å²) in [5.74, 6) is -1.05. The number of carbonyl (C=O) groups excluding carboxylic acids is 1. The zero-order chi connectivity index (χ0) is 14.5. The van der Waals surface area contributed by atoms with Gasteiger partial charge in [0.25, 0.3) is 5.91 Å². The van der Waals surface area contributed by atoms with Gasteiger partial charge in [0.05, 0.1) is 5.56 Å². The summed E-state index contributed by atoms with van der Waals surface area (Å²) in [7, 11) is 0. The molecule has 104 valence electrons. The third kappa shape index (κ3) is 3.71. The van der Waals surface area contributed by atoms with Crippen LogP contribution >= 0.6 is 11.6 Å². The van der Waals surface area contributed by atoms with E-state index in [9.17, 15) is 9.18 Å². The maximum absolute atomic E-state index is 13.5. The first-order chi connectivity index (χ1) is 9.56. The monoisotopic (exact) mass is 292 g/mol. The molecular formula is C15H14ClFN2O. The van der Waals surface area contributed by atoms with Gasteiger partial charge >= 0.3 is 0 Å². The van der Waals surface area contributed by atoms with E-state index in [2.05, 4.69) is 5.32 Å². The van der Waals surface area contributed by atoms with Crippen LogP contribution in [0.25, 0.3) is 0 Å². The Morgan fingerprint density at radius 3 is 2.60 bits per heavy atom. The van der Waals surface area contributed by atoms with Crippen molar-refractivity contribution in [1.82, 2.24) is 5.32 Å². The number of halogens is 2. The van der Waals surface area contributed by atoms with Gasteiger partial charge in [0.2, 0.25) is 0 Å². The second-order valence-corrected chi connectivity index (χ2v) is 4.81. The van der Waals surface area contributed by atoms with E-state index in [4.69, 9.17) is 17.3 Å². The minimum Gasteiger partial charge on any atom is -0.399 e. The van der Waals surface area contributed by atoms with Crippen molar-refractivity contribution in [2.75, 3.05) is 12.3 Å². The van der Waals surface area contributed by atoms with Crippen LogP contribution in [0.5, 0.6) is 0 Å². The van der Waals surface area contributed by atoms with Crippen LogP contribution in [0, 0.1) is 5.82 Å². The average Bonchev–Trinajstić information content (AvgIpc) is 2.43. The molecule has 0 spiro atoms. The van der Waals surface area contributed by atoms with Crippen molar-refractivity contribution in [3.63, 3.8) is 0 Å². The lowest BCUT2D eigenvalue weighted by molar-refractivity contribution is 0.0950. The van der Waals surface area contributed by atoms with Crippen LogP contribution in [0.15, 0.2) is 42.5 Å². The minimum absolute atomic E-state index is 0.0406. The van der Waals surface area contributed by atoms with Crippen molar-refractivity contribution in [2.24, 2.45) is 0 Å². The molecule has 1 amide bonds. The molecule has 0 atom stereocenters. The van der Waals surface area contributed by atoms with Gasteiger partial charge in [-0.2, -0.15) is 0 Å². The molecule has 0 aliphatic rings. The second-order valence-electron chi connectivity index (χ2n) is 4.37. The quantitative estimate of drug-likeness (QED) is 0.851. The van der Waals surface area contributed by atoms with Gasteiger partial charge in [-0.15, -0.1) is 0 Å². The maximum atomic E-state index is 13.5. The van der Waals surface area contributed by atoms with Gasteiger partial charge in [0, 0.05) is 17.3 Å². The molecule has 3 N–H and O–H groups in total. The molecule has 5 heteroatoms. The lowest BCUT2D eigenvalue weighted by atomic mass is 10.1. The van der Waals surface area contributed by atoms with E-state index in [1.807, 2.05) is 12.1 Å². The minimum atomic E-state index is -0.580. The topological polar surface area (TPSA) is 55.1 Å². The number of nitrogens with two attached hydrogens (primary N) is 1. The molecule has 2 aromatic rings. The van der Waals surface area contributed by atoms with E-state index >= 15 is 0 Å². The Morgan fingerprint density at radius 1 is 1.20 bits per heavy atom. The van der Waals surface area contributed by atoms with Crippen LogP contribution in [0.3, 0.4) is 0 Å². The zero-order valence-corrected chi connectivity index (χ0v) is 11.5. The molecule has 2 rings (SSSR count). The smallest absolute Gasteiger partial charge is 0.254 e. The van der Waals surface area contributed by atoms with Crippen LogP contribution in [-0.4, -0.2) is 12.5 Å². The van der Waals surface area contributed by atoms with Crippen molar-refractivity contribution < 1.29 is 9.18 Å². The van der Waals surface area contributed by atoms with Crippen LogP contribution in [0.4, 0.5) is 10.1 Å². The van der Waals surface area contributed by atoms with Crippen molar-refractivity contribution in [3.8, 4) is 0 Å². The molecule has 0 radical (unpaired) electrons. The van der Waals surface area contributed by atoms with Gasteiger partial charge in [-0.3, -0.25) is 4.79 Å². The Bertz CT molecular complexity index is 614. The first-order valence-corrected chi connectivity index (χ1v) is 6.52. The summed E-state index contributed by atoms with van der Waals surface area (Å²) in [6.07, 6.45) is 0.646. The summed E-state index contributed by atoms with van der Waals surface area (Å²) in [5.41, 5.74) is 6.90. The number of hydrogen-bond acceptors (Lipinski definition) is 2. The fraction of sp³-hybridized carbons (Fsp3) is 0.133. The summed E-state index contributed by atoms with van der Waals surface area (Å²) in [5, 5.41) is 3.33. The van der Waals surface area contributed by atoms with Gasteiger partial charge in [-0.05, 0) is 42.3 Å². The molecule has 0 aromatic heterocycles. The fourth-order valence-corrected chi connectivity index (χ4v) is 1.91. The largest absolute Gasteiger partial charge is 0.399 e. The molecule has 20 heavy (non-hydrogen) atoms. The van der Waals surface area contributed by atoms with Crippen LogP contribution in [0.2, 0.25) is 5.02 Å². The standard InChI is InChI=1S/C15H14ClFN2O/c16-11-3-1-10(2-4-11)7-8-19-15(20)13-9-12(18)5-6-14(13)17/h1-6,9H,7-8,18H2,(H,19,20). The number of rotatable bonds is 4. The highest BCUT2D eigenvalue weighted by Gasteiger charge is 2.11. The van der Waals surface area contributed by atoms with Gasteiger partial charge in [-0.25, -0.2) is 4.39 Å². The number of hydrogen-bond donors (Lipinski definition) is 2. The summed E-state index contributed by atoms with van der Waals surface area (Å²) in [4.78, 5) is 11.8. The van der Waals surface area contributed by atoms with Crippen molar-refractivity contribution in [1.29, 1.82) is 0 Å². The summed E-state index contributed by atoms with van der Waals surface area (Å²) >= 11 is 5.79. The van der Waals surface area contributed by atoms with Crippen LogP contribution in [-0.2, 0) is 6.42 Å². The SMILES string of the molecule is Nc1ccc(F)c(C(=O)NCCc2ccc(Cl)cc2)c1. The Hall–Kier alpha value is -2.07. The Balaban J connectivity index is 1.92. The van der Waals surface area contributed by atoms with E-state index in [0.717, 1.165) is 5.56 Å². The predicted octanol–water partition coefficient (Wildman–Crippen LogP) is 3.03. The Kier molecular flexibility index (Phi) is 4.58. The molecule has 2 aromatic carbocycles. The van der Waals surface area contributed by atoms with E-state index < -0.39 is 11.7 Å². The van der Waals surface area contributed by atoms with E-state index in [0.29, 0.717) is 23.7 Å². The van der Waals surface area contributed by atoms with E-state index in [-0.39, 0.29) is 5.56 Å². The van der Waals surface area contributed by atoms with Gasteiger partial charge in [0.1, 0.15) is 5.82 Å². The molecule has 0 aliphatic heterocycles. The average molecular weight is 293 g/mol. The predicted molar refractivity (Wildman–Crippen MR) is 78.3 cm³/mol. The van der Waals surface area contributed by atoms with Gasteiger partial charge in [-0.1, -0.05) is 23.7 Å². The van der Waals surface area contributed by atoms with Crippen molar-refractivity contribution >= 4 is 23.2 Å². The third-order valence-corrected chi connectivity index (χ3v) is 3.10. The molecule has 0 heterocycles. The van der Waals surface area contributed by atoms with Crippen molar-refractivity contribution in [2.45, 2.75) is 6.42 Å². The molecule has 0 aliphatic carbocycles. The lowest BCUT2D eigenvalue weighted by Crippen LogP contribution is -2.26. The molecule has 3 nitrogen and oxygen atoms in total. The third-order valence-electron chi connectivity index (χ3n) is 2.85. The molecule has 0 fully saturated rings. The summed E-state index contributed by atoms with van der Waals surface area (Å²) in [6, 6.07) is 11.3. The number of benzene rings is 2. The first kappa shape index (κ1) is 14.3. The highest BCUT2D eigenvalue weighted by Crippen LogP contribution is 2.12. The molecule has 0 saturated carbocycles. The van der Waals surface area contributed by atoms with Crippen LogP contribution < -0.4 is 11.1 Å². The Labute approximate surface area is 121 Å². The molecular weight excluding hydrogens is 279 g/mol. The lowest BCUT2D eigenvalue weighted by Gasteiger charge is -2.07. The number of anilines is 1. The first-order valence-electron chi connectivity index (χ1n) is 6.14. The van der Waals surface area contributed by atoms with Crippen LogP contribution in [0.1, 0.15) is 15.9 Å². The zero-order valence-electron chi connectivity index (χ0n) is 10.7. The normalized spacial score (nSPS) is 10.3. The summed E-state index contributed by atoms with van der Waals surface area (Å²) < 4.78 is 13.5.